The number of hydrogen-bond acceptors (Lipinski definition) is 6. The zero-order valence-corrected chi connectivity index (χ0v) is 26.6. The number of aryl methyl sites for hydroxylation is 2. The van der Waals surface area contributed by atoms with Crippen LogP contribution in [0.3, 0.4) is 0 Å². The maximum Gasteiger partial charge on any atom is 0.336 e. The van der Waals surface area contributed by atoms with Gasteiger partial charge < -0.3 is 19.7 Å². The topological polar surface area (TPSA) is 93.1 Å². The molecule has 0 saturated heterocycles. The number of benzene rings is 2. The van der Waals surface area contributed by atoms with Crippen molar-refractivity contribution in [1.82, 2.24) is 0 Å². The van der Waals surface area contributed by atoms with Gasteiger partial charge in [-0.1, -0.05) is 63.8 Å². The average molecular weight is 589 g/mol. The van der Waals surface area contributed by atoms with Gasteiger partial charge in [0.2, 0.25) is 0 Å². The van der Waals surface area contributed by atoms with Crippen LogP contribution in [0.15, 0.2) is 48.6 Å². The van der Waals surface area contributed by atoms with Crippen LogP contribution in [0.1, 0.15) is 130 Å². The van der Waals surface area contributed by atoms with Crippen LogP contribution in [0.4, 0.5) is 0 Å². The van der Waals surface area contributed by atoms with Crippen molar-refractivity contribution in [1.29, 1.82) is 0 Å². The molecule has 0 bridgehead atoms. The summed E-state index contributed by atoms with van der Waals surface area (Å²) < 4.78 is 12.0. The van der Waals surface area contributed by atoms with Gasteiger partial charge in [0, 0.05) is 11.1 Å². The monoisotopic (exact) mass is 588 g/mol. The van der Waals surface area contributed by atoms with E-state index in [2.05, 4.69) is 13.2 Å². The fourth-order valence-electron chi connectivity index (χ4n) is 7.07. The van der Waals surface area contributed by atoms with Gasteiger partial charge in [-0.3, -0.25) is 0 Å². The molecule has 2 aliphatic rings. The fourth-order valence-corrected chi connectivity index (χ4v) is 7.07. The van der Waals surface area contributed by atoms with E-state index in [0.29, 0.717) is 0 Å². The van der Waals surface area contributed by atoms with Crippen LogP contribution < -0.4 is 0 Å². The SMILES string of the molecule is C=C(C)C(=O)OC(OC(=O)C(=C)C)C(C)(c1cc(C2CCCCC2)c(O)cc1C)c1cc(C2CCCCC2)c(O)cc1C. The number of phenolic OH excluding ortho intramolecular Hbond substituents is 2. The van der Waals surface area contributed by atoms with Crippen LogP contribution in [0.25, 0.3) is 0 Å². The highest BCUT2D eigenvalue weighted by Crippen LogP contribution is 2.48. The molecule has 0 heterocycles. The summed E-state index contributed by atoms with van der Waals surface area (Å²) in [6.07, 6.45) is 9.30. The molecule has 6 nitrogen and oxygen atoms in total. The second-order valence-corrected chi connectivity index (χ2v) is 13.0. The Kier molecular flexibility index (Phi) is 10.1. The Morgan fingerprint density at radius 1 is 0.721 bits per heavy atom. The fraction of sp³-hybridized carbons (Fsp3) is 0.514. The number of rotatable bonds is 9. The highest BCUT2D eigenvalue weighted by Gasteiger charge is 2.46. The number of phenols is 2. The maximum atomic E-state index is 13.1. The molecule has 2 aliphatic carbocycles. The molecule has 2 saturated carbocycles. The van der Waals surface area contributed by atoms with Crippen LogP contribution in [0.5, 0.6) is 11.5 Å². The molecular weight excluding hydrogens is 540 g/mol. The Morgan fingerprint density at radius 3 is 1.40 bits per heavy atom. The lowest BCUT2D eigenvalue weighted by molar-refractivity contribution is -0.192. The first kappa shape index (κ1) is 32.4. The Balaban J connectivity index is 2.01. The normalized spacial score (nSPS) is 16.6. The summed E-state index contributed by atoms with van der Waals surface area (Å²) in [5.74, 6) is -0.474. The van der Waals surface area contributed by atoms with E-state index in [-0.39, 0.29) is 34.5 Å². The second kappa shape index (κ2) is 13.4. The molecule has 6 heteroatoms. The van der Waals surface area contributed by atoms with Crippen molar-refractivity contribution < 1.29 is 29.3 Å². The molecule has 2 fully saturated rings. The number of hydrogen-bond donors (Lipinski definition) is 2. The number of carbonyl (C=O) groups excluding carboxylic acids is 2. The van der Waals surface area contributed by atoms with E-state index in [1.165, 1.54) is 12.8 Å². The summed E-state index contributed by atoms with van der Waals surface area (Å²) in [6, 6.07) is 7.58. The molecule has 43 heavy (non-hydrogen) atoms. The maximum absolute atomic E-state index is 13.1. The molecule has 0 unspecified atom stereocenters. The molecule has 0 radical (unpaired) electrons. The summed E-state index contributed by atoms with van der Waals surface area (Å²) in [7, 11) is 0. The largest absolute Gasteiger partial charge is 0.508 e. The standard InChI is InChI=1S/C37H48O6/c1-22(2)34(40)42-36(43-35(41)23(3)4)37(7,30-20-28(32(38)18-24(30)5)26-14-10-8-11-15-26)31-21-29(33(39)19-25(31)6)27-16-12-9-13-17-27/h18-21,26-27,36,38-39H,1,3,8-17H2,2,4-7H3. The lowest BCUT2D eigenvalue weighted by Gasteiger charge is -2.40. The quantitative estimate of drug-likeness (QED) is 0.173. The first-order valence-corrected chi connectivity index (χ1v) is 15.8. The Labute approximate surface area is 256 Å². The Morgan fingerprint density at radius 2 is 1.07 bits per heavy atom. The minimum absolute atomic E-state index is 0.175. The summed E-state index contributed by atoms with van der Waals surface area (Å²) in [5.41, 5.74) is 3.95. The van der Waals surface area contributed by atoms with Gasteiger partial charge in [0.15, 0.2) is 0 Å². The van der Waals surface area contributed by atoms with E-state index in [0.717, 1.165) is 84.7 Å². The van der Waals surface area contributed by atoms with E-state index in [9.17, 15) is 19.8 Å². The van der Waals surface area contributed by atoms with Gasteiger partial charge in [-0.15, -0.1) is 0 Å². The molecule has 0 atom stereocenters. The Bertz CT molecular complexity index is 1290. The number of esters is 2. The van der Waals surface area contributed by atoms with Gasteiger partial charge in [-0.05, 0) is 118 Å². The molecule has 2 N–H and O–H groups in total. The van der Waals surface area contributed by atoms with Crippen LogP contribution in [0.2, 0.25) is 0 Å². The molecule has 2 aromatic carbocycles. The molecular formula is C37H48O6. The Hall–Kier alpha value is -3.54. The molecule has 0 amide bonds. The van der Waals surface area contributed by atoms with Crippen molar-refractivity contribution in [2.45, 2.75) is 122 Å². The van der Waals surface area contributed by atoms with Gasteiger partial charge >= 0.3 is 11.9 Å². The smallest absolute Gasteiger partial charge is 0.336 e. The van der Waals surface area contributed by atoms with Gasteiger partial charge in [0.1, 0.15) is 11.5 Å². The number of ether oxygens (including phenoxy) is 2. The lowest BCUT2D eigenvalue weighted by Crippen LogP contribution is -2.45. The third-order valence-corrected chi connectivity index (χ3v) is 9.55. The number of aromatic hydroxyl groups is 2. The van der Waals surface area contributed by atoms with Crippen LogP contribution in [-0.4, -0.2) is 28.4 Å². The average Bonchev–Trinajstić information content (AvgIpc) is 2.97. The van der Waals surface area contributed by atoms with E-state index < -0.39 is 23.6 Å². The lowest BCUT2D eigenvalue weighted by atomic mass is 9.69. The second-order valence-electron chi connectivity index (χ2n) is 13.0. The predicted molar refractivity (Wildman–Crippen MR) is 169 cm³/mol. The minimum atomic E-state index is -1.38. The van der Waals surface area contributed by atoms with Crippen LogP contribution in [0, 0.1) is 13.8 Å². The van der Waals surface area contributed by atoms with Crippen molar-refractivity contribution in [2.24, 2.45) is 0 Å². The zero-order valence-electron chi connectivity index (χ0n) is 26.6. The van der Waals surface area contributed by atoms with Crippen molar-refractivity contribution in [2.75, 3.05) is 0 Å². The summed E-state index contributed by atoms with van der Waals surface area (Å²) in [5, 5.41) is 22.3. The van der Waals surface area contributed by atoms with Crippen molar-refractivity contribution in [3.8, 4) is 11.5 Å². The van der Waals surface area contributed by atoms with Crippen molar-refractivity contribution in [3.63, 3.8) is 0 Å². The van der Waals surface area contributed by atoms with E-state index in [1.54, 1.807) is 26.0 Å². The van der Waals surface area contributed by atoms with Gasteiger partial charge in [0.05, 0.1) is 5.41 Å². The third-order valence-electron chi connectivity index (χ3n) is 9.55. The van der Waals surface area contributed by atoms with Gasteiger partial charge in [-0.2, -0.15) is 0 Å². The van der Waals surface area contributed by atoms with Gasteiger partial charge in [-0.25, -0.2) is 9.59 Å². The zero-order chi connectivity index (χ0) is 31.5. The van der Waals surface area contributed by atoms with Gasteiger partial charge in [0.25, 0.3) is 6.29 Å². The summed E-state index contributed by atoms with van der Waals surface area (Å²) >= 11 is 0. The third kappa shape index (κ3) is 6.84. The minimum Gasteiger partial charge on any atom is -0.508 e. The predicted octanol–water partition coefficient (Wildman–Crippen LogP) is 8.68. The number of carbonyl (C=O) groups is 2. The molecule has 2 aromatic rings. The summed E-state index contributed by atoms with van der Waals surface area (Å²) in [6.45, 7) is 16.4. The molecule has 0 aromatic heterocycles. The highest BCUT2D eigenvalue weighted by molar-refractivity contribution is 5.89. The molecule has 0 aliphatic heterocycles. The van der Waals surface area contributed by atoms with Crippen molar-refractivity contribution in [3.05, 3.63) is 82.0 Å². The van der Waals surface area contributed by atoms with E-state index in [4.69, 9.17) is 9.47 Å². The summed E-state index contributed by atoms with van der Waals surface area (Å²) in [4.78, 5) is 26.2. The first-order chi connectivity index (χ1) is 20.3. The van der Waals surface area contributed by atoms with E-state index >= 15 is 0 Å². The van der Waals surface area contributed by atoms with Crippen LogP contribution in [-0.2, 0) is 24.5 Å². The van der Waals surface area contributed by atoms with E-state index in [1.807, 2.05) is 32.9 Å². The molecule has 232 valence electrons. The molecule has 0 spiro atoms. The first-order valence-electron chi connectivity index (χ1n) is 15.8. The van der Waals surface area contributed by atoms with Crippen molar-refractivity contribution >= 4 is 11.9 Å². The highest BCUT2D eigenvalue weighted by atomic mass is 16.7. The van der Waals surface area contributed by atoms with Crippen LogP contribution >= 0.6 is 0 Å². The molecule has 4 rings (SSSR count).